The zero-order valence-electron chi connectivity index (χ0n) is 11.5. The fourth-order valence-corrected chi connectivity index (χ4v) is 2.35. The van der Waals surface area contributed by atoms with Gasteiger partial charge in [-0.2, -0.15) is 0 Å². The molecule has 0 aliphatic carbocycles. The highest BCUT2D eigenvalue weighted by molar-refractivity contribution is 6.30. The normalized spacial score (nSPS) is 21.0. The summed E-state index contributed by atoms with van der Waals surface area (Å²) in [5, 5.41) is 12.0. The number of nitrogens with one attached hydrogen (secondary N) is 1. The van der Waals surface area contributed by atoms with E-state index in [1.807, 2.05) is 0 Å². The van der Waals surface area contributed by atoms with Crippen LogP contribution in [0, 0.1) is 0 Å². The maximum atomic E-state index is 12.1. The van der Waals surface area contributed by atoms with Crippen LogP contribution >= 0.6 is 11.6 Å². The van der Waals surface area contributed by atoms with Gasteiger partial charge < -0.3 is 19.9 Å². The molecule has 0 radical (unpaired) electrons. The molecule has 2 unspecified atom stereocenters. The van der Waals surface area contributed by atoms with Crippen LogP contribution in [-0.4, -0.2) is 42.8 Å². The van der Waals surface area contributed by atoms with Gasteiger partial charge in [-0.05, 0) is 31.0 Å². The Balaban J connectivity index is 1.92. The van der Waals surface area contributed by atoms with Crippen LogP contribution in [-0.2, 0) is 9.53 Å². The maximum Gasteiger partial charge on any atom is 0.332 e. The van der Waals surface area contributed by atoms with Gasteiger partial charge in [0.1, 0.15) is 5.75 Å². The molecule has 114 valence electrons. The SMILES string of the molecule is COc1cc(Cl)ccc1C(=O)NCC1CCC(C(=O)O)O1. The molecule has 2 N–H and O–H groups in total. The van der Waals surface area contributed by atoms with Gasteiger partial charge in [-0.25, -0.2) is 4.79 Å². The molecule has 1 fully saturated rings. The van der Waals surface area contributed by atoms with E-state index in [2.05, 4.69) is 5.32 Å². The molecule has 21 heavy (non-hydrogen) atoms. The molecule has 0 spiro atoms. The molecule has 0 aromatic heterocycles. The Morgan fingerprint density at radius 3 is 2.86 bits per heavy atom. The molecule has 1 amide bonds. The minimum absolute atomic E-state index is 0.258. The first kappa shape index (κ1) is 15.6. The van der Waals surface area contributed by atoms with Crippen molar-refractivity contribution in [1.29, 1.82) is 0 Å². The lowest BCUT2D eigenvalue weighted by molar-refractivity contribution is -0.149. The largest absolute Gasteiger partial charge is 0.496 e. The number of amides is 1. The molecule has 0 saturated carbocycles. The molecule has 1 aromatic rings. The van der Waals surface area contributed by atoms with Crippen molar-refractivity contribution in [1.82, 2.24) is 5.32 Å². The molecule has 1 aromatic carbocycles. The quantitative estimate of drug-likeness (QED) is 0.864. The van der Waals surface area contributed by atoms with Crippen LogP contribution < -0.4 is 10.1 Å². The third kappa shape index (κ3) is 3.86. The minimum atomic E-state index is -0.969. The van der Waals surface area contributed by atoms with Gasteiger partial charge in [0.2, 0.25) is 0 Å². The number of ether oxygens (including phenoxy) is 2. The number of aliphatic carboxylic acids is 1. The summed E-state index contributed by atoms with van der Waals surface area (Å²) >= 11 is 5.84. The van der Waals surface area contributed by atoms with E-state index in [0.29, 0.717) is 29.2 Å². The molecule has 1 aliphatic rings. The van der Waals surface area contributed by atoms with Gasteiger partial charge in [0, 0.05) is 11.6 Å². The average molecular weight is 314 g/mol. The highest BCUT2D eigenvalue weighted by Crippen LogP contribution is 2.23. The van der Waals surface area contributed by atoms with Crippen molar-refractivity contribution in [3.8, 4) is 5.75 Å². The molecular formula is C14H16ClNO5. The third-order valence-electron chi connectivity index (χ3n) is 3.28. The van der Waals surface area contributed by atoms with Crippen molar-refractivity contribution < 1.29 is 24.2 Å². The van der Waals surface area contributed by atoms with Crippen LogP contribution in [0.5, 0.6) is 5.75 Å². The average Bonchev–Trinajstić information content (AvgIpc) is 2.93. The Labute approximate surface area is 127 Å². The summed E-state index contributed by atoms with van der Waals surface area (Å²) in [5.74, 6) is -0.898. The van der Waals surface area contributed by atoms with Crippen LogP contribution in [0.1, 0.15) is 23.2 Å². The van der Waals surface area contributed by atoms with Crippen molar-refractivity contribution in [2.24, 2.45) is 0 Å². The van der Waals surface area contributed by atoms with Crippen molar-refractivity contribution >= 4 is 23.5 Å². The first-order valence-electron chi connectivity index (χ1n) is 6.51. The zero-order chi connectivity index (χ0) is 15.4. The predicted molar refractivity (Wildman–Crippen MR) is 75.9 cm³/mol. The number of hydrogen-bond acceptors (Lipinski definition) is 4. The van der Waals surface area contributed by atoms with Gasteiger partial charge in [0.05, 0.1) is 18.8 Å². The van der Waals surface area contributed by atoms with E-state index in [9.17, 15) is 9.59 Å². The lowest BCUT2D eigenvalue weighted by atomic mass is 10.1. The summed E-state index contributed by atoms with van der Waals surface area (Å²) < 4.78 is 10.4. The molecule has 1 heterocycles. The van der Waals surface area contributed by atoms with Crippen LogP contribution in [0.25, 0.3) is 0 Å². The Morgan fingerprint density at radius 2 is 2.24 bits per heavy atom. The van der Waals surface area contributed by atoms with Crippen LogP contribution in [0.15, 0.2) is 18.2 Å². The highest BCUT2D eigenvalue weighted by atomic mass is 35.5. The van der Waals surface area contributed by atoms with E-state index in [4.69, 9.17) is 26.2 Å². The van der Waals surface area contributed by atoms with Crippen molar-refractivity contribution in [2.45, 2.75) is 25.0 Å². The number of hydrogen-bond donors (Lipinski definition) is 2. The third-order valence-corrected chi connectivity index (χ3v) is 3.52. The van der Waals surface area contributed by atoms with Crippen molar-refractivity contribution in [2.75, 3.05) is 13.7 Å². The highest BCUT2D eigenvalue weighted by Gasteiger charge is 2.30. The van der Waals surface area contributed by atoms with Crippen molar-refractivity contribution in [3.63, 3.8) is 0 Å². The summed E-state index contributed by atoms with van der Waals surface area (Å²) in [4.78, 5) is 22.9. The van der Waals surface area contributed by atoms with E-state index >= 15 is 0 Å². The number of carboxylic acids is 1. The minimum Gasteiger partial charge on any atom is -0.496 e. The molecule has 1 saturated heterocycles. The smallest absolute Gasteiger partial charge is 0.332 e. The molecule has 2 rings (SSSR count). The van der Waals surface area contributed by atoms with E-state index in [0.717, 1.165) is 0 Å². The lowest BCUT2D eigenvalue weighted by Gasteiger charge is -2.13. The van der Waals surface area contributed by atoms with E-state index in [1.54, 1.807) is 18.2 Å². The van der Waals surface area contributed by atoms with Crippen molar-refractivity contribution in [3.05, 3.63) is 28.8 Å². The number of carbonyl (C=O) groups is 2. The van der Waals surface area contributed by atoms with Crippen LogP contribution in [0.4, 0.5) is 0 Å². The van der Waals surface area contributed by atoms with E-state index < -0.39 is 12.1 Å². The Kier molecular flexibility index (Phi) is 5.03. The molecule has 0 bridgehead atoms. The monoisotopic (exact) mass is 313 g/mol. The number of methoxy groups -OCH3 is 1. The number of carbonyl (C=O) groups excluding carboxylic acids is 1. The number of carboxylic acid groups (broad SMARTS) is 1. The Hall–Kier alpha value is -1.79. The number of benzene rings is 1. The van der Waals surface area contributed by atoms with Crippen LogP contribution in [0.2, 0.25) is 5.02 Å². The van der Waals surface area contributed by atoms with E-state index in [-0.39, 0.29) is 18.6 Å². The summed E-state index contributed by atoms with van der Waals surface area (Å²) in [7, 11) is 1.46. The number of rotatable bonds is 5. The topological polar surface area (TPSA) is 84.9 Å². The van der Waals surface area contributed by atoms with Crippen LogP contribution in [0.3, 0.4) is 0 Å². The first-order chi connectivity index (χ1) is 10.0. The number of halogens is 1. The lowest BCUT2D eigenvalue weighted by Crippen LogP contribution is -2.33. The van der Waals surface area contributed by atoms with Gasteiger partial charge >= 0.3 is 5.97 Å². The second kappa shape index (κ2) is 6.78. The first-order valence-corrected chi connectivity index (χ1v) is 6.89. The van der Waals surface area contributed by atoms with Gasteiger partial charge in [-0.3, -0.25) is 4.79 Å². The summed E-state index contributed by atoms with van der Waals surface area (Å²) in [5.41, 5.74) is 0.370. The summed E-state index contributed by atoms with van der Waals surface area (Å²) in [6.07, 6.45) is 0.0000960. The fraction of sp³-hybridized carbons (Fsp3) is 0.429. The molecule has 7 heteroatoms. The molecular weight excluding hydrogens is 298 g/mol. The Bertz CT molecular complexity index is 548. The Morgan fingerprint density at radius 1 is 1.48 bits per heavy atom. The maximum absolute atomic E-state index is 12.1. The van der Waals surface area contributed by atoms with Gasteiger partial charge in [0.15, 0.2) is 6.10 Å². The summed E-state index contributed by atoms with van der Waals surface area (Å²) in [6.45, 7) is 0.258. The van der Waals surface area contributed by atoms with Gasteiger partial charge in [0.25, 0.3) is 5.91 Å². The molecule has 1 aliphatic heterocycles. The zero-order valence-corrected chi connectivity index (χ0v) is 12.2. The standard InChI is InChI=1S/C14H16ClNO5/c1-20-12-6-8(15)2-4-10(12)13(17)16-7-9-3-5-11(21-9)14(18)19/h2,4,6,9,11H,3,5,7H2,1H3,(H,16,17)(H,18,19). The second-order valence-corrected chi connectivity index (χ2v) is 5.15. The fourth-order valence-electron chi connectivity index (χ4n) is 2.19. The van der Waals surface area contributed by atoms with Gasteiger partial charge in [-0.1, -0.05) is 11.6 Å². The molecule has 6 nitrogen and oxygen atoms in total. The molecule has 2 atom stereocenters. The predicted octanol–water partition coefficient (Wildman–Crippen LogP) is 1.71. The van der Waals surface area contributed by atoms with E-state index in [1.165, 1.54) is 7.11 Å². The summed E-state index contributed by atoms with van der Waals surface area (Å²) in [6, 6.07) is 4.74. The van der Waals surface area contributed by atoms with Gasteiger partial charge in [-0.15, -0.1) is 0 Å². The second-order valence-electron chi connectivity index (χ2n) is 4.72.